The van der Waals surface area contributed by atoms with E-state index in [2.05, 4.69) is 0 Å². The average Bonchev–Trinajstić information content (AvgIpc) is 2.28. The summed E-state index contributed by atoms with van der Waals surface area (Å²) in [6.07, 6.45) is 0. The van der Waals surface area contributed by atoms with Crippen molar-refractivity contribution < 1.29 is 9.53 Å². The average molecular weight is 247 g/mol. The van der Waals surface area contributed by atoms with Crippen molar-refractivity contribution in [3.05, 3.63) is 34.9 Å². The van der Waals surface area contributed by atoms with Crippen LogP contribution in [0.25, 0.3) is 0 Å². The van der Waals surface area contributed by atoms with Gasteiger partial charge in [0.05, 0.1) is 12.2 Å². The molecule has 0 aromatic heterocycles. The van der Waals surface area contributed by atoms with Crippen LogP contribution in [0.3, 0.4) is 0 Å². The molecule has 0 heterocycles. The molecule has 0 radical (unpaired) electrons. The SMILES string of the molecule is CCOC(=O)c1ccc(CCl)c(CCl)c1. The first-order valence-electron chi connectivity index (χ1n) is 4.63. The lowest BCUT2D eigenvalue weighted by molar-refractivity contribution is 0.0526. The van der Waals surface area contributed by atoms with E-state index in [1.165, 1.54) is 0 Å². The molecule has 0 saturated carbocycles. The maximum Gasteiger partial charge on any atom is 0.338 e. The maximum atomic E-state index is 11.4. The van der Waals surface area contributed by atoms with Gasteiger partial charge in [0.2, 0.25) is 0 Å². The van der Waals surface area contributed by atoms with Gasteiger partial charge < -0.3 is 4.74 Å². The van der Waals surface area contributed by atoms with Crippen molar-refractivity contribution >= 4 is 29.2 Å². The molecule has 0 unspecified atom stereocenters. The predicted octanol–water partition coefficient (Wildman–Crippen LogP) is 3.34. The molecule has 82 valence electrons. The van der Waals surface area contributed by atoms with E-state index in [1.54, 1.807) is 25.1 Å². The molecule has 0 amide bonds. The Balaban J connectivity index is 2.97. The molecule has 1 aromatic carbocycles. The third-order valence-corrected chi connectivity index (χ3v) is 2.58. The molecule has 0 aliphatic heterocycles. The van der Waals surface area contributed by atoms with E-state index in [0.29, 0.717) is 23.9 Å². The van der Waals surface area contributed by atoms with Crippen molar-refractivity contribution in [2.45, 2.75) is 18.7 Å². The van der Waals surface area contributed by atoms with E-state index >= 15 is 0 Å². The molecule has 15 heavy (non-hydrogen) atoms. The number of hydrogen-bond donors (Lipinski definition) is 0. The van der Waals surface area contributed by atoms with Crippen LogP contribution in [-0.4, -0.2) is 12.6 Å². The second-order valence-electron chi connectivity index (χ2n) is 2.97. The van der Waals surface area contributed by atoms with Crippen molar-refractivity contribution in [1.29, 1.82) is 0 Å². The normalized spacial score (nSPS) is 10.1. The highest BCUT2D eigenvalue weighted by Gasteiger charge is 2.09. The van der Waals surface area contributed by atoms with Crippen LogP contribution < -0.4 is 0 Å². The number of rotatable bonds is 4. The van der Waals surface area contributed by atoms with Gasteiger partial charge in [-0.1, -0.05) is 6.07 Å². The summed E-state index contributed by atoms with van der Waals surface area (Å²) in [7, 11) is 0. The van der Waals surface area contributed by atoms with Crippen LogP contribution in [0.1, 0.15) is 28.4 Å². The minimum Gasteiger partial charge on any atom is -0.462 e. The zero-order valence-electron chi connectivity index (χ0n) is 8.43. The molecule has 0 atom stereocenters. The Morgan fingerprint density at radius 3 is 2.47 bits per heavy atom. The van der Waals surface area contributed by atoms with Gasteiger partial charge in [-0.25, -0.2) is 4.79 Å². The summed E-state index contributed by atoms with van der Waals surface area (Å²) >= 11 is 11.5. The Hall–Kier alpha value is -0.730. The molecule has 0 saturated heterocycles. The fourth-order valence-electron chi connectivity index (χ4n) is 1.22. The number of hydrogen-bond acceptors (Lipinski definition) is 2. The Morgan fingerprint density at radius 2 is 1.93 bits per heavy atom. The van der Waals surface area contributed by atoms with Gasteiger partial charge in [-0.3, -0.25) is 0 Å². The predicted molar refractivity (Wildman–Crippen MR) is 61.5 cm³/mol. The number of carbonyl (C=O) groups is 1. The lowest BCUT2D eigenvalue weighted by Crippen LogP contribution is -2.05. The summed E-state index contributed by atoms with van der Waals surface area (Å²) in [5.74, 6) is 0.408. The minimum absolute atomic E-state index is 0.329. The van der Waals surface area contributed by atoms with Crippen LogP contribution in [0.2, 0.25) is 0 Å². The fourth-order valence-corrected chi connectivity index (χ4v) is 1.73. The Bertz CT molecular complexity index is 350. The van der Waals surface area contributed by atoms with Crippen LogP contribution in [0.5, 0.6) is 0 Å². The largest absolute Gasteiger partial charge is 0.462 e. The van der Waals surface area contributed by atoms with Crippen molar-refractivity contribution in [1.82, 2.24) is 0 Å². The van der Waals surface area contributed by atoms with Gasteiger partial charge in [-0.2, -0.15) is 0 Å². The van der Waals surface area contributed by atoms with Gasteiger partial charge in [-0.15, -0.1) is 23.2 Å². The van der Waals surface area contributed by atoms with E-state index in [0.717, 1.165) is 11.1 Å². The molecule has 0 aliphatic carbocycles. The summed E-state index contributed by atoms with van der Waals surface area (Å²) in [6, 6.07) is 5.23. The van der Waals surface area contributed by atoms with E-state index in [9.17, 15) is 4.79 Å². The third kappa shape index (κ3) is 3.11. The Labute approximate surface area is 99.1 Å². The van der Waals surface area contributed by atoms with Crippen LogP contribution in [0, 0.1) is 0 Å². The third-order valence-electron chi connectivity index (χ3n) is 2.01. The first-order valence-corrected chi connectivity index (χ1v) is 5.70. The number of halogens is 2. The molecular formula is C11H12Cl2O2. The molecule has 0 spiro atoms. The zero-order valence-corrected chi connectivity index (χ0v) is 9.94. The lowest BCUT2D eigenvalue weighted by Gasteiger charge is -2.06. The van der Waals surface area contributed by atoms with Crippen molar-refractivity contribution in [3.63, 3.8) is 0 Å². The van der Waals surface area contributed by atoms with Gasteiger partial charge in [0, 0.05) is 11.8 Å². The number of esters is 1. The Kier molecular flexibility index (Phi) is 4.92. The van der Waals surface area contributed by atoms with Gasteiger partial charge >= 0.3 is 5.97 Å². The number of carbonyl (C=O) groups excluding carboxylic acids is 1. The second kappa shape index (κ2) is 5.99. The van der Waals surface area contributed by atoms with Gasteiger partial charge in [-0.05, 0) is 30.2 Å². The maximum absolute atomic E-state index is 11.4. The molecular weight excluding hydrogens is 235 g/mol. The molecule has 0 N–H and O–H groups in total. The summed E-state index contributed by atoms with van der Waals surface area (Å²) in [6.45, 7) is 2.14. The molecule has 0 fully saturated rings. The van der Waals surface area contributed by atoms with Crippen molar-refractivity contribution in [3.8, 4) is 0 Å². The van der Waals surface area contributed by atoms with Crippen molar-refractivity contribution in [2.75, 3.05) is 6.61 Å². The van der Waals surface area contributed by atoms with Gasteiger partial charge in [0.1, 0.15) is 0 Å². The highest BCUT2D eigenvalue weighted by atomic mass is 35.5. The molecule has 2 nitrogen and oxygen atoms in total. The summed E-state index contributed by atoms with van der Waals surface area (Å²) in [4.78, 5) is 11.4. The molecule has 1 rings (SSSR count). The van der Waals surface area contributed by atoms with E-state index in [-0.39, 0.29) is 5.97 Å². The number of alkyl halides is 2. The monoisotopic (exact) mass is 246 g/mol. The summed E-state index contributed by atoms with van der Waals surface area (Å²) in [5.41, 5.74) is 2.33. The van der Waals surface area contributed by atoms with Crippen molar-refractivity contribution in [2.24, 2.45) is 0 Å². The molecule has 4 heteroatoms. The fraction of sp³-hybridized carbons (Fsp3) is 0.364. The first-order chi connectivity index (χ1) is 7.22. The van der Waals surface area contributed by atoms with E-state index in [4.69, 9.17) is 27.9 Å². The highest BCUT2D eigenvalue weighted by Crippen LogP contribution is 2.17. The molecule has 1 aromatic rings. The van der Waals surface area contributed by atoms with Crippen LogP contribution >= 0.6 is 23.2 Å². The number of ether oxygens (including phenoxy) is 1. The van der Waals surface area contributed by atoms with Gasteiger partial charge in [0.15, 0.2) is 0 Å². The smallest absolute Gasteiger partial charge is 0.338 e. The first kappa shape index (κ1) is 12.3. The minimum atomic E-state index is -0.329. The van der Waals surface area contributed by atoms with Crippen LogP contribution in [-0.2, 0) is 16.5 Å². The zero-order chi connectivity index (χ0) is 11.3. The Morgan fingerprint density at radius 1 is 1.27 bits per heavy atom. The van der Waals surface area contributed by atoms with Crippen LogP contribution in [0.15, 0.2) is 18.2 Å². The molecule has 0 aliphatic rings. The molecule has 0 bridgehead atoms. The topological polar surface area (TPSA) is 26.3 Å². The van der Waals surface area contributed by atoms with E-state index in [1.807, 2.05) is 0 Å². The van der Waals surface area contributed by atoms with Gasteiger partial charge in [0.25, 0.3) is 0 Å². The standard InChI is InChI=1S/C11H12Cl2O2/c1-2-15-11(14)8-3-4-9(6-12)10(5-8)7-13/h3-5H,2,6-7H2,1H3. The van der Waals surface area contributed by atoms with Crippen LogP contribution in [0.4, 0.5) is 0 Å². The number of benzene rings is 1. The summed E-state index contributed by atoms with van der Waals surface area (Å²) in [5, 5.41) is 0. The lowest BCUT2D eigenvalue weighted by atomic mass is 10.1. The quantitative estimate of drug-likeness (QED) is 0.602. The second-order valence-corrected chi connectivity index (χ2v) is 3.51. The van der Waals surface area contributed by atoms with E-state index < -0.39 is 0 Å². The highest BCUT2D eigenvalue weighted by molar-refractivity contribution is 6.18. The summed E-state index contributed by atoms with van der Waals surface area (Å²) < 4.78 is 4.89.